The van der Waals surface area contributed by atoms with Crippen LogP contribution in [0.25, 0.3) is 0 Å². The van der Waals surface area contributed by atoms with E-state index in [0.29, 0.717) is 6.04 Å². The lowest BCUT2D eigenvalue weighted by Crippen LogP contribution is -2.48. The highest BCUT2D eigenvalue weighted by Gasteiger charge is 2.19. The Labute approximate surface area is 123 Å². The van der Waals surface area contributed by atoms with Gasteiger partial charge in [-0.05, 0) is 27.2 Å². The second kappa shape index (κ2) is 7.27. The number of aryl methyl sites for hydroxylation is 2. The molecule has 1 N–H and O–H groups in total. The molecule has 1 aromatic rings. The second-order valence-corrected chi connectivity index (χ2v) is 5.46. The van der Waals surface area contributed by atoms with E-state index in [9.17, 15) is 0 Å². The summed E-state index contributed by atoms with van der Waals surface area (Å²) in [5.41, 5.74) is 3.98. The zero-order valence-electron chi connectivity index (χ0n) is 12.6. The Kier molecular flexibility index (Phi) is 6.30. The van der Waals surface area contributed by atoms with Crippen molar-refractivity contribution in [2.24, 2.45) is 0 Å². The smallest absolute Gasteiger partial charge is 0.0641 e. The number of hydrogen-bond acceptors (Lipinski definition) is 3. The number of nitrogens with one attached hydrogen (secondary N) is 1. The quantitative estimate of drug-likeness (QED) is 0.920. The molecule has 0 unspecified atom stereocenters. The number of halogens is 1. The maximum Gasteiger partial charge on any atom is 0.0641 e. The van der Waals surface area contributed by atoms with Crippen LogP contribution in [-0.2, 0) is 13.1 Å². The minimum Gasteiger partial charge on any atom is -0.312 e. The highest BCUT2D eigenvalue weighted by molar-refractivity contribution is 5.85. The van der Waals surface area contributed by atoms with Crippen LogP contribution in [0.3, 0.4) is 0 Å². The maximum atomic E-state index is 4.66. The summed E-state index contributed by atoms with van der Waals surface area (Å²) in [6.07, 6.45) is 1.14. The van der Waals surface area contributed by atoms with E-state index in [1.54, 1.807) is 0 Å². The molecule has 1 aliphatic rings. The number of aromatic nitrogens is 2. The molecule has 5 heteroatoms. The van der Waals surface area contributed by atoms with Crippen LogP contribution < -0.4 is 5.32 Å². The molecule has 1 aromatic heterocycles. The third-order valence-electron chi connectivity index (χ3n) is 3.80. The third kappa shape index (κ3) is 3.94. The van der Waals surface area contributed by atoms with Gasteiger partial charge in [0.1, 0.15) is 0 Å². The van der Waals surface area contributed by atoms with E-state index in [4.69, 9.17) is 0 Å². The Morgan fingerprint density at radius 2 is 2.11 bits per heavy atom. The zero-order chi connectivity index (χ0) is 13.1. The number of hydrogen-bond donors (Lipinski definition) is 1. The van der Waals surface area contributed by atoms with Crippen molar-refractivity contribution in [3.63, 3.8) is 0 Å². The molecule has 0 radical (unpaired) electrons. The van der Waals surface area contributed by atoms with E-state index in [1.807, 2.05) is 0 Å². The molecule has 0 saturated carbocycles. The number of nitrogens with zero attached hydrogens (tertiary/aromatic N) is 3. The van der Waals surface area contributed by atoms with Crippen molar-refractivity contribution in [1.29, 1.82) is 0 Å². The number of rotatable bonds is 4. The summed E-state index contributed by atoms with van der Waals surface area (Å²) in [6, 6.07) is 0.602. The van der Waals surface area contributed by atoms with Crippen molar-refractivity contribution in [1.82, 2.24) is 20.0 Å². The molecule has 1 saturated heterocycles. The van der Waals surface area contributed by atoms with Gasteiger partial charge in [-0.1, -0.05) is 6.92 Å². The van der Waals surface area contributed by atoms with Crippen molar-refractivity contribution in [3.05, 3.63) is 17.0 Å². The van der Waals surface area contributed by atoms with Gasteiger partial charge in [0.15, 0.2) is 0 Å². The van der Waals surface area contributed by atoms with E-state index >= 15 is 0 Å². The first-order valence-electron chi connectivity index (χ1n) is 7.10. The molecule has 2 heterocycles. The van der Waals surface area contributed by atoms with Crippen molar-refractivity contribution in [3.8, 4) is 0 Å². The molecule has 1 atom stereocenters. The molecule has 0 aromatic carbocycles. The minimum absolute atomic E-state index is 0. The molecule has 2 rings (SSSR count). The average Bonchev–Trinajstić information content (AvgIpc) is 2.58. The molecule has 0 aliphatic carbocycles. The van der Waals surface area contributed by atoms with E-state index in [1.165, 1.54) is 17.0 Å². The molecular formula is C14H27ClN4. The Hall–Kier alpha value is -0.580. The standard InChI is InChI=1S/C14H26N4.ClH/c1-5-7-18-13(4)14(12(3)16-18)10-17-8-6-15-11(2)9-17;/h11,15H,5-10H2,1-4H3;1H/t11-;/m0./s1. The van der Waals surface area contributed by atoms with Gasteiger partial charge < -0.3 is 5.32 Å². The summed E-state index contributed by atoms with van der Waals surface area (Å²) in [5, 5.41) is 8.15. The largest absolute Gasteiger partial charge is 0.312 e. The van der Waals surface area contributed by atoms with Gasteiger partial charge in [0.25, 0.3) is 0 Å². The average molecular weight is 287 g/mol. The van der Waals surface area contributed by atoms with Gasteiger partial charge in [0.05, 0.1) is 5.69 Å². The monoisotopic (exact) mass is 286 g/mol. The lowest BCUT2D eigenvalue weighted by Gasteiger charge is -2.31. The van der Waals surface area contributed by atoms with E-state index in [2.05, 4.69) is 47.7 Å². The molecule has 0 bridgehead atoms. The molecule has 1 aliphatic heterocycles. The number of piperazine rings is 1. The van der Waals surface area contributed by atoms with Gasteiger partial charge >= 0.3 is 0 Å². The predicted octanol–water partition coefficient (Wildman–Crippen LogP) is 2.13. The first-order chi connectivity index (χ1) is 8.61. The van der Waals surface area contributed by atoms with Crippen molar-refractivity contribution < 1.29 is 0 Å². The van der Waals surface area contributed by atoms with Gasteiger partial charge in [0, 0.05) is 50.0 Å². The van der Waals surface area contributed by atoms with Crippen molar-refractivity contribution in [2.45, 2.75) is 53.2 Å². The normalized spacial score (nSPS) is 20.3. The van der Waals surface area contributed by atoms with Gasteiger partial charge in [-0.25, -0.2) is 0 Å². The molecule has 0 spiro atoms. The Balaban J connectivity index is 0.00000180. The van der Waals surface area contributed by atoms with Crippen LogP contribution in [-0.4, -0.2) is 40.4 Å². The summed E-state index contributed by atoms with van der Waals surface area (Å²) < 4.78 is 2.16. The summed E-state index contributed by atoms with van der Waals surface area (Å²) >= 11 is 0. The van der Waals surface area contributed by atoms with Crippen LogP contribution in [0, 0.1) is 13.8 Å². The SMILES string of the molecule is CCCn1nc(C)c(CN2CCN[C@@H](C)C2)c1C.Cl. The Morgan fingerprint density at radius 1 is 1.37 bits per heavy atom. The van der Waals surface area contributed by atoms with Gasteiger partial charge in [0.2, 0.25) is 0 Å². The van der Waals surface area contributed by atoms with E-state index in [0.717, 1.165) is 39.1 Å². The first-order valence-corrected chi connectivity index (χ1v) is 7.10. The summed E-state index contributed by atoms with van der Waals surface area (Å²) in [6.45, 7) is 14.3. The fraction of sp³-hybridized carbons (Fsp3) is 0.786. The Bertz CT molecular complexity index is 402. The van der Waals surface area contributed by atoms with Gasteiger partial charge in [-0.15, -0.1) is 12.4 Å². The topological polar surface area (TPSA) is 33.1 Å². The van der Waals surface area contributed by atoms with Gasteiger partial charge in [-0.2, -0.15) is 5.10 Å². The maximum absolute atomic E-state index is 4.66. The molecule has 110 valence electrons. The fourth-order valence-corrected chi connectivity index (χ4v) is 2.77. The lowest BCUT2D eigenvalue weighted by atomic mass is 10.1. The van der Waals surface area contributed by atoms with Crippen LogP contribution in [0.5, 0.6) is 0 Å². The third-order valence-corrected chi connectivity index (χ3v) is 3.80. The predicted molar refractivity (Wildman–Crippen MR) is 82.0 cm³/mol. The molecular weight excluding hydrogens is 260 g/mol. The lowest BCUT2D eigenvalue weighted by molar-refractivity contribution is 0.199. The van der Waals surface area contributed by atoms with Crippen LogP contribution >= 0.6 is 12.4 Å². The van der Waals surface area contributed by atoms with Crippen LogP contribution in [0.2, 0.25) is 0 Å². The van der Waals surface area contributed by atoms with E-state index < -0.39 is 0 Å². The van der Waals surface area contributed by atoms with Crippen molar-refractivity contribution >= 4 is 12.4 Å². The first kappa shape index (κ1) is 16.5. The van der Waals surface area contributed by atoms with Crippen LogP contribution in [0.15, 0.2) is 0 Å². The minimum atomic E-state index is 0. The fourth-order valence-electron chi connectivity index (χ4n) is 2.77. The molecule has 0 amide bonds. The molecule has 4 nitrogen and oxygen atoms in total. The van der Waals surface area contributed by atoms with Gasteiger partial charge in [-0.3, -0.25) is 9.58 Å². The van der Waals surface area contributed by atoms with Crippen LogP contribution in [0.4, 0.5) is 0 Å². The van der Waals surface area contributed by atoms with Crippen molar-refractivity contribution in [2.75, 3.05) is 19.6 Å². The highest BCUT2D eigenvalue weighted by atomic mass is 35.5. The molecule has 1 fully saturated rings. The van der Waals surface area contributed by atoms with E-state index in [-0.39, 0.29) is 12.4 Å². The summed E-state index contributed by atoms with van der Waals surface area (Å²) in [7, 11) is 0. The zero-order valence-corrected chi connectivity index (χ0v) is 13.4. The summed E-state index contributed by atoms with van der Waals surface area (Å²) in [5.74, 6) is 0. The second-order valence-electron chi connectivity index (χ2n) is 5.46. The Morgan fingerprint density at radius 3 is 2.74 bits per heavy atom. The highest BCUT2D eigenvalue weighted by Crippen LogP contribution is 2.16. The molecule has 19 heavy (non-hydrogen) atoms. The summed E-state index contributed by atoms with van der Waals surface area (Å²) in [4.78, 5) is 2.54. The van der Waals surface area contributed by atoms with Crippen LogP contribution in [0.1, 0.15) is 37.2 Å².